The Morgan fingerprint density at radius 1 is 1.00 bits per heavy atom. The maximum atomic E-state index is 12.9. The molecule has 5 rings (SSSR count). The Morgan fingerprint density at radius 3 is 2.33 bits per heavy atom. The van der Waals surface area contributed by atoms with Crippen molar-refractivity contribution in [1.29, 1.82) is 0 Å². The Kier molecular flexibility index (Phi) is 12.2. The van der Waals surface area contributed by atoms with Crippen LogP contribution in [0.15, 0.2) is 48.5 Å². The summed E-state index contributed by atoms with van der Waals surface area (Å²) in [5.74, 6) is -2.84. The van der Waals surface area contributed by atoms with Crippen LogP contribution in [0.1, 0.15) is 74.2 Å². The molecular formula is C35H39ClF3N7O6. The van der Waals surface area contributed by atoms with Crippen molar-refractivity contribution < 1.29 is 42.2 Å². The van der Waals surface area contributed by atoms with Gasteiger partial charge in [-0.05, 0) is 85.9 Å². The van der Waals surface area contributed by atoms with Gasteiger partial charge in [0.25, 0.3) is 11.8 Å². The van der Waals surface area contributed by atoms with Gasteiger partial charge in [0.1, 0.15) is 6.04 Å². The first-order valence-electron chi connectivity index (χ1n) is 16.9. The second-order valence-corrected chi connectivity index (χ2v) is 13.7. The van der Waals surface area contributed by atoms with Gasteiger partial charge in [-0.3, -0.25) is 14.4 Å². The van der Waals surface area contributed by atoms with Gasteiger partial charge >= 0.3 is 18.2 Å². The molecule has 2 unspecified atom stereocenters. The number of halogens is 4. The van der Waals surface area contributed by atoms with Crippen LogP contribution >= 0.6 is 11.6 Å². The van der Waals surface area contributed by atoms with E-state index >= 15 is 0 Å². The third kappa shape index (κ3) is 11.0. The molecule has 5 N–H and O–H groups in total. The van der Waals surface area contributed by atoms with Gasteiger partial charge in [-0.25, -0.2) is 4.79 Å². The van der Waals surface area contributed by atoms with Crippen molar-refractivity contribution in [3.63, 3.8) is 0 Å². The van der Waals surface area contributed by atoms with Crippen LogP contribution in [0, 0.1) is 11.8 Å². The summed E-state index contributed by atoms with van der Waals surface area (Å²) < 4.78 is 43.6. The molecule has 3 aromatic rings. The molecule has 0 radical (unpaired) electrons. The molecule has 2 saturated carbocycles. The number of anilines is 3. The zero-order valence-corrected chi connectivity index (χ0v) is 29.0. The first-order valence-corrected chi connectivity index (χ1v) is 17.3. The Balaban J connectivity index is 1.18. The minimum atomic E-state index is -4.63. The van der Waals surface area contributed by atoms with Gasteiger partial charge in [-0.15, -0.1) is 0 Å². The zero-order chi connectivity index (χ0) is 37.5. The first-order chi connectivity index (χ1) is 24.7. The minimum absolute atomic E-state index is 0.0303. The first kappa shape index (κ1) is 38.2. The average Bonchev–Trinajstić information content (AvgIpc) is 3.87. The Labute approximate surface area is 302 Å². The second-order valence-electron chi connectivity index (χ2n) is 13.3. The lowest BCUT2D eigenvalue weighted by Gasteiger charge is -2.25. The number of hydrogen-bond acceptors (Lipinski definition) is 10. The maximum Gasteiger partial charge on any atom is 0.422 e. The molecule has 1 aromatic heterocycles. The van der Waals surface area contributed by atoms with Crippen LogP contribution in [0.4, 0.5) is 30.8 Å². The number of ether oxygens (including phenoxy) is 1. The topological polar surface area (TPSA) is 185 Å². The van der Waals surface area contributed by atoms with Crippen molar-refractivity contribution in [2.24, 2.45) is 11.8 Å². The molecule has 0 aliphatic heterocycles. The monoisotopic (exact) mass is 745 g/mol. The van der Waals surface area contributed by atoms with Crippen LogP contribution < -0.4 is 26.0 Å². The normalized spacial score (nSPS) is 18.4. The number of carboxylic acids is 1. The summed E-state index contributed by atoms with van der Waals surface area (Å²) in [7, 11) is 0. The third-order valence-electron chi connectivity index (χ3n) is 8.98. The quantitative estimate of drug-likeness (QED) is 0.112. The van der Waals surface area contributed by atoms with Crippen molar-refractivity contribution in [2.75, 3.05) is 23.8 Å². The maximum absolute atomic E-state index is 12.9. The summed E-state index contributed by atoms with van der Waals surface area (Å²) in [6.07, 6.45) is 0.715. The largest absolute Gasteiger partial charge is 0.480 e. The Hall–Kier alpha value is -4.99. The third-order valence-corrected chi connectivity index (χ3v) is 9.23. The molecule has 0 spiro atoms. The van der Waals surface area contributed by atoms with E-state index in [0.717, 1.165) is 31.2 Å². The van der Waals surface area contributed by atoms with Gasteiger partial charge in [0.15, 0.2) is 6.61 Å². The smallest absolute Gasteiger partial charge is 0.422 e. The second kappa shape index (κ2) is 16.6. The van der Waals surface area contributed by atoms with E-state index in [1.165, 1.54) is 24.3 Å². The van der Waals surface area contributed by atoms with Crippen LogP contribution in [-0.4, -0.2) is 69.0 Å². The number of carboxylic acid groups (broad SMARTS) is 1. The average molecular weight is 746 g/mol. The molecule has 1 heterocycles. The minimum Gasteiger partial charge on any atom is -0.480 e. The van der Waals surface area contributed by atoms with Gasteiger partial charge in [-0.1, -0.05) is 43.5 Å². The van der Waals surface area contributed by atoms with Crippen molar-refractivity contribution in [3.05, 3.63) is 64.7 Å². The highest BCUT2D eigenvalue weighted by Crippen LogP contribution is 2.48. The van der Waals surface area contributed by atoms with E-state index in [-0.39, 0.29) is 42.8 Å². The summed E-state index contributed by atoms with van der Waals surface area (Å²) >= 11 is 6.02. The molecular weight excluding hydrogens is 707 g/mol. The molecule has 2 aliphatic rings. The lowest BCUT2D eigenvalue weighted by atomic mass is 9.80. The Bertz CT molecular complexity index is 1760. The molecule has 3 atom stereocenters. The fraction of sp³-hybridized carbons (Fsp3) is 0.457. The van der Waals surface area contributed by atoms with Gasteiger partial charge in [0.05, 0.1) is 5.54 Å². The van der Waals surface area contributed by atoms with Crippen molar-refractivity contribution in [1.82, 2.24) is 25.6 Å². The predicted octanol–water partition coefficient (Wildman–Crippen LogP) is 5.79. The van der Waals surface area contributed by atoms with Crippen molar-refractivity contribution in [2.45, 2.75) is 76.0 Å². The number of aromatic nitrogens is 3. The van der Waals surface area contributed by atoms with E-state index < -0.39 is 53.9 Å². The fourth-order valence-electron chi connectivity index (χ4n) is 6.13. The van der Waals surface area contributed by atoms with Crippen molar-refractivity contribution >= 4 is 52.8 Å². The number of alkyl halides is 3. The molecule has 2 aromatic carbocycles. The van der Waals surface area contributed by atoms with Crippen LogP contribution in [-0.2, 0) is 19.9 Å². The highest BCUT2D eigenvalue weighted by Gasteiger charge is 2.45. The van der Waals surface area contributed by atoms with Crippen LogP contribution in [0.3, 0.4) is 0 Å². The molecule has 2 amide bonds. The number of aliphatic carboxylic acids is 1. The van der Waals surface area contributed by atoms with Gasteiger partial charge in [-0.2, -0.15) is 28.1 Å². The van der Waals surface area contributed by atoms with E-state index in [1.54, 1.807) is 12.1 Å². The number of carbonyl (C=O) groups excluding carboxylic acids is 3. The molecule has 2 fully saturated rings. The zero-order valence-electron chi connectivity index (χ0n) is 28.3. The molecule has 0 saturated heterocycles. The van der Waals surface area contributed by atoms with Gasteiger partial charge in [0, 0.05) is 29.2 Å². The number of nitrogens with one attached hydrogen (secondary N) is 4. The van der Waals surface area contributed by atoms with E-state index in [4.69, 9.17) is 16.3 Å². The standard InChI is InChI=1S/C35H39ClF3N7O6/c1-20-3-2-4-21(17-20)18-27(47)29(49)40-16-13-26(30(50)51)42-28(48)22-5-11-25(12-6-22)41-31-43-32(45-33(44-31)52-19-35(37,38)39)46-34(14-15-34)23-7-9-24(36)10-8-23/h5-12,20-21,26H,2-4,13-19H2,1H3,(H,40,49)(H,42,48)(H,50,51)(H2,41,43,44,45,46)/t20?,21?,26-/m0/s1. The number of hydrogen-bond donors (Lipinski definition) is 5. The van der Waals surface area contributed by atoms with Gasteiger partial charge < -0.3 is 31.1 Å². The number of rotatable bonds is 16. The predicted molar refractivity (Wildman–Crippen MR) is 184 cm³/mol. The highest BCUT2D eigenvalue weighted by molar-refractivity contribution is 6.36. The summed E-state index contributed by atoms with van der Waals surface area (Å²) in [6.45, 7) is 0.369. The molecule has 17 heteroatoms. The number of ketones is 1. The SMILES string of the molecule is CC1CCCC(CC(=O)C(=O)NCC[C@H](NC(=O)c2ccc(Nc3nc(NC4(c5ccc(Cl)cc5)CC4)nc(OCC(F)(F)F)n3)cc2)C(=O)O)C1. The molecule has 52 heavy (non-hydrogen) atoms. The van der Waals surface area contributed by atoms with Crippen LogP contribution in [0.5, 0.6) is 6.01 Å². The van der Waals surface area contributed by atoms with Crippen molar-refractivity contribution in [3.8, 4) is 6.01 Å². The van der Waals surface area contributed by atoms with Gasteiger partial charge in [0.2, 0.25) is 17.7 Å². The summed E-state index contributed by atoms with van der Waals surface area (Å²) in [6, 6.07) is 10.9. The summed E-state index contributed by atoms with van der Waals surface area (Å²) in [5, 5.41) is 21.1. The lowest BCUT2D eigenvalue weighted by Crippen LogP contribution is -2.43. The highest BCUT2D eigenvalue weighted by atomic mass is 35.5. The van der Waals surface area contributed by atoms with E-state index in [2.05, 4.69) is 43.1 Å². The molecule has 2 aliphatic carbocycles. The molecule has 278 valence electrons. The van der Waals surface area contributed by atoms with E-state index in [0.29, 0.717) is 29.5 Å². The number of amides is 2. The number of nitrogens with zero attached hydrogens (tertiary/aromatic N) is 3. The number of carbonyl (C=O) groups is 4. The number of Topliss-reactive ketones (excluding diaryl/α,β-unsaturated/α-hetero) is 1. The fourth-order valence-corrected chi connectivity index (χ4v) is 6.26. The van der Waals surface area contributed by atoms with E-state index in [1.807, 2.05) is 12.1 Å². The number of benzene rings is 2. The molecule has 0 bridgehead atoms. The van der Waals surface area contributed by atoms with Crippen LogP contribution in [0.25, 0.3) is 0 Å². The lowest BCUT2D eigenvalue weighted by molar-refractivity contribution is -0.154. The Morgan fingerprint density at radius 2 is 1.69 bits per heavy atom. The van der Waals surface area contributed by atoms with E-state index in [9.17, 15) is 37.5 Å². The summed E-state index contributed by atoms with van der Waals surface area (Å²) in [4.78, 5) is 61.8. The molecule has 13 nitrogen and oxygen atoms in total. The van der Waals surface area contributed by atoms with Crippen LogP contribution in [0.2, 0.25) is 5.02 Å². The summed E-state index contributed by atoms with van der Waals surface area (Å²) in [5.41, 5.74) is 0.787.